The van der Waals surface area contributed by atoms with Gasteiger partial charge in [-0.05, 0) is 50.8 Å². The van der Waals surface area contributed by atoms with Gasteiger partial charge in [-0.15, -0.1) is 0 Å². The van der Waals surface area contributed by atoms with Crippen molar-refractivity contribution in [2.75, 3.05) is 26.2 Å². The first kappa shape index (κ1) is 24.7. The molecule has 1 aliphatic heterocycles. The standard InChI is InChI=1S/C16H26F3N5O.C2H4O2/c1-11(10-24-14(16(17,18)19)7-12(2)23-24)8-21-15(25)22-9-13-3-5-20-6-4-13;1-2(3)4/h7,11,13,20H,3-6,8-10H2,1-2H3,(H2,21,22,25);1H3,(H,3,4). The van der Waals surface area contributed by atoms with Crippen molar-refractivity contribution < 1.29 is 27.9 Å². The lowest BCUT2D eigenvalue weighted by molar-refractivity contribution is -0.144. The van der Waals surface area contributed by atoms with Crippen molar-refractivity contribution in [3.8, 4) is 0 Å². The Hall–Kier alpha value is -2.30. The normalized spacial score (nSPS) is 15.8. The molecule has 1 aromatic heterocycles. The highest BCUT2D eigenvalue weighted by molar-refractivity contribution is 5.73. The van der Waals surface area contributed by atoms with E-state index < -0.39 is 17.8 Å². The van der Waals surface area contributed by atoms with Crippen LogP contribution in [0.5, 0.6) is 0 Å². The van der Waals surface area contributed by atoms with Crippen LogP contribution in [-0.4, -0.2) is 53.1 Å². The molecule has 0 aliphatic carbocycles. The SMILES string of the molecule is CC(=O)O.Cc1cc(C(F)(F)F)n(CC(C)CNC(=O)NCC2CCNCC2)n1. The summed E-state index contributed by atoms with van der Waals surface area (Å²) < 4.78 is 39.8. The zero-order chi connectivity index (χ0) is 22.0. The first-order valence-corrected chi connectivity index (χ1v) is 9.52. The maximum atomic E-state index is 13.0. The third-order valence-electron chi connectivity index (χ3n) is 4.30. The highest BCUT2D eigenvalue weighted by Crippen LogP contribution is 2.30. The number of nitrogens with zero attached hydrogens (tertiary/aromatic N) is 2. The Morgan fingerprint density at radius 2 is 1.93 bits per heavy atom. The molecule has 2 heterocycles. The maximum absolute atomic E-state index is 13.0. The fourth-order valence-corrected chi connectivity index (χ4v) is 2.92. The van der Waals surface area contributed by atoms with Gasteiger partial charge in [-0.2, -0.15) is 18.3 Å². The van der Waals surface area contributed by atoms with Gasteiger partial charge in [0.2, 0.25) is 0 Å². The molecular weight excluding hydrogens is 391 g/mol. The summed E-state index contributed by atoms with van der Waals surface area (Å²) in [5, 5.41) is 20.1. The Kier molecular flexibility index (Phi) is 9.93. The smallest absolute Gasteiger partial charge is 0.433 e. The number of rotatable bonds is 6. The molecule has 29 heavy (non-hydrogen) atoms. The van der Waals surface area contributed by atoms with Crippen molar-refractivity contribution in [3.63, 3.8) is 0 Å². The number of hydrogen-bond acceptors (Lipinski definition) is 4. The fraction of sp³-hybridized carbons (Fsp3) is 0.722. The number of amides is 2. The quantitative estimate of drug-likeness (QED) is 0.563. The van der Waals surface area contributed by atoms with E-state index in [1.807, 2.05) is 0 Å². The summed E-state index contributed by atoms with van der Waals surface area (Å²) in [6.07, 6.45) is -2.36. The van der Waals surface area contributed by atoms with E-state index in [0.29, 0.717) is 18.2 Å². The van der Waals surface area contributed by atoms with Crippen molar-refractivity contribution in [1.82, 2.24) is 25.7 Å². The molecule has 0 saturated carbocycles. The predicted molar refractivity (Wildman–Crippen MR) is 101 cm³/mol. The van der Waals surface area contributed by atoms with E-state index >= 15 is 0 Å². The highest BCUT2D eigenvalue weighted by atomic mass is 19.4. The van der Waals surface area contributed by atoms with E-state index in [2.05, 4.69) is 21.0 Å². The lowest BCUT2D eigenvalue weighted by atomic mass is 9.98. The molecule has 1 atom stereocenters. The fourth-order valence-electron chi connectivity index (χ4n) is 2.92. The predicted octanol–water partition coefficient (Wildman–Crippen LogP) is 2.24. The Bertz CT molecular complexity index is 654. The number of hydrogen-bond donors (Lipinski definition) is 4. The summed E-state index contributed by atoms with van der Waals surface area (Å²) in [4.78, 5) is 20.8. The molecule has 1 aromatic rings. The lowest BCUT2D eigenvalue weighted by Gasteiger charge is -2.23. The molecule has 0 aromatic carbocycles. The van der Waals surface area contributed by atoms with Crippen molar-refractivity contribution in [3.05, 3.63) is 17.5 Å². The second-order valence-electron chi connectivity index (χ2n) is 7.26. The number of halogens is 3. The Labute approximate surface area is 168 Å². The van der Waals surface area contributed by atoms with Gasteiger partial charge in [0, 0.05) is 26.6 Å². The van der Waals surface area contributed by atoms with E-state index in [0.717, 1.165) is 43.6 Å². The molecule has 8 nitrogen and oxygen atoms in total. The number of nitrogens with one attached hydrogen (secondary N) is 3. The number of carbonyl (C=O) groups excluding carboxylic acids is 1. The van der Waals surface area contributed by atoms with Crippen LogP contribution in [0.2, 0.25) is 0 Å². The number of aryl methyl sites for hydroxylation is 1. The first-order valence-electron chi connectivity index (χ1n) is 9.52. The average Bonchev–Trinajstić information content (AvgIpc) is 2.99. The van der Waals surface area contributed by atoms with Gasteiger partial charge in [0.25, 0.3) is 5.97 Å². The largest absolute Gasteiger partial charge is 0.481 e. The molecule has 0 bridgehead atoms. The number of carbonyl (C=O) groups is 2. The third kappa shape index (κ3) is 10.2. The minimum Gasteiger partial charge on any atom is -0.481 e. The second kappa shape index (κ2) is 11.6. The highest BCUT2D eigenvalue weighted by Gasteiger charge is 2.35. The number of carboxylic acids is 1. The summed E-state index contributed by atoms with van der Waals surface area (Å²) in [5.74, 6) is -0.532. The van der Waals surface area contributed by atoms with Crippen molar-refractivity contribution in [2.24, 2.45) is 11.8 Å². The van der Waals surface area contributed by atoms with Crippen molar-refractivity contribution >= 4 is 12.0 Å². The van der Waals surface area contributed by atoms with Crippen LogP contribution in [-0.2, 0) is 17.5 Å². The van der Waals surface area contributed by atoms with Gasteiger partial charge in [-0.25, -0.2) is 4.79 Å². The molecule has 166 valence electrons. The van der Waals surface area contributed by atoms with Crippen LogP contribution >= 0.6 is 0 Å². The second-order valence-corrected chi connectivity index (χ2v) is 7.26. The number of urea groups is 1. The van der Waals surface area contributed by atoms with E-state index in [1.165, 1.54) is 6.92 Å². The summed E-state index contributed by atoms with van der Waals surface area (Å²) >= 11 is 0. The van der Waals surface area contributed by atoms with Gasteiger partial charge >= 0.3 is 12.2 Å². The number of alkyl halides is 3. The van der Waals surface area contributed by atoms with Gasteiger partial charge in [-0.1, -0.05) is 6.92 Å². The van der Waals surface area contributed by atoms with Crippen LogP contribution in [0.15, 0.2) is 6.07 Å². The molecule has 4 N–H and O–H groups in total. The molecule has 2 amide bonds. The Balaban J connectivity index is 0.000000960. The molecular formula is C18H30F3N5O3. The Morgan fingerprint density at radius 1 is 1.34 bits per heavy atom. The molecule has 1 unspecified atom stereocenters. The molecule has 1 saturated heterocycles. The number of aliphatic carboxylic acids is 1. The van der Waals surface area contributed by atoms with Gasteiger partial charge in [-0.3, -0.25) is 9.48 Å². The van der Waals surface area contributed by atoms with Gasteiger partial charge < -0.3 is 21.1 Å². The average molecular weight is 421 g/mol. The zero-order valence-electron chi connectivity index (χ0n) is 17.0. The van der Waals surface area contributed by atoms with E-state index in [-0.39, 0.29) is 25.0 Å². The van der Waals surface area contributed by atoms with Gasteiger partial charge in [0.1, 0.15) is 5.69 Å². The minimum absolute atomic E-state index is 0.0945. The maximum Gasteiger partial charge on any atom is 0.433 e. The summed E-state index contributed by atoms with van der Waals surface area (Å²) in [5.41, 5.74) is -0.431. The van der Waals surface area contributed by atoms with Crippen LogP contribution in [0.1, 0.15) is 38.1 Å². The molecule has 11 heteroatoms. The topological polar surface area (TPSA) is 108 Å². The molecule has 0 radical (unpaired) electrons. The summed E-state index contributed by atoms with van der Waals surface area (Å²) in [6.45, 7) is 7.34. The first-order chi connectivity index (χ1) is 13.5. The number of aromatic nitrogens is 2. The van der Waals surface area contributed by atoms with Crippen molar-refractivity contribution in [1.29, 1.82) is 0 Å². The monoisotopic (exact) mass is 421 g/mol. The van der Waals surface area contributed by atoms with Crippen LogP contribution in [0.3, 0.4) is 0 Å². The molecule has 1 aliphatic rings. The summed E-state index contributed by atoms with van der Waals surface area (Å²) in [7, 11) is 0. The Morgan fingerprint density at radius 3 is 2.48 bits per heavy atom. The van der Waals surface area contributed by atoms with E-state index in [4.69, 9.17) is 9.90 Å². The molecule has 0 spiro atoms. The van der Waals surface area contributed by atoms with Crippen LogP contribution < -0.4 is 16.0 Å². The van der Waals surface area contributed by atoms with Crippen LogP contribution in [0, 0.1) is 18.8 Å². The lowest BCUT2D eigenvalue weighted by Crippen LogP contribution is -2.42. The number of carboxylic acid groups (broad SMARTS) is 1. The van der Waals surface area contributed by atoms with E-state index in [1.54, 1.807) is 6.92 Å². The zero-order valence-corrected chi connectivity index (χ0v) is 17.0. The van der Waals surface area contributed by atoms with Crippen LogP contribution in [0.25, 0.3) is 0 Å². The van der Waals surface area contributed by atoms with Gasteiger partial charge in [0.15, 0.2) is 0 Å². The number of piperidine rings is 1. The minimum atomic E-state index is -4.43. The summed E-state index contributed by atoms with van der Waals surface area (Å²) in [6, 6.07) is 0.754. The van der Waals surface area contributed by atoms with Gasteiger partial charge in [0.05, 0.1) is 5.69 Å². The van der Waals surface area contributed by atoms with Crippen molar-refractivity contribution in [2.45, 2.75) is 46.3 Å². The molecule has 1 fully saturated rings. The van der Waals surface area contributed by atoms with Crippen LogP contribution in [0.4, 0.5) is 18.0 Å². The van der Waals surface area contributed by atoms with E-state index in [9.17, 15) is 18.0 Å². The molecule has 2 rings (SSSR count). The third-order valence-corrected chi connectivity index (χ3v) is 4.30.